The summed E-state index contributed by atoms with van der Waals surface area (Å²) in [7, 11) is 0. The first-order valence-electron chi connectivity index (χ1n) is 30.1. The Balaban J connectivity index is 4.26. The van der Waals surface area contributed by atoms with E-state index in [2.05, 4.69) is 41.5 Å². The van der Waals surface area contributed by atoms with Gasteiger partial charge in [0.15, 0.2) is 6.10 Å². The van der Waals surface area contributed by atoms with Crippen LogP contribution < -0.4 is 0 Å². The van der Waals surface area contributed by atoms with Crippen molar-refractivity contribution in [3.63, 3.8) is 0 Å². The zero-order valence-electron chi connectivity index (χ0n) is 46.2. The molecular weight excluding hydrogens is 829 g/mol. The second-order valence-electron chi connectivity index (χ2n) is 22.4. The molecule has 6 heteroatoms. The van der Waals surface area contributed by atoms with Crippen molar-refractivity contribution in [3.8, 4) is 0 Å². The van der Waals surface area contributed by atoms with Gasteiger partial charge in [-0.1, -0.05) is 298 Å². The molecule has 0 rings (SSSR count). The Hall–Kier alpha value is -1.59. The topological polar surface area (TPSA) is 78.9 Å². The molecule has 0 saturated heterocycles. The lowest BCUT2D eigenvalue weighted by Crippen LogP contribution is -2.30. The standard InChI is InChI=1S/C61H118O6/c1-55(2)47-41-35-29-23-18-14-10-7-8-12-16-20-26-32-38-44-50-59(62)65-53-58(54-66-60(63)51-45-39-33-28-22-25-31-37-43-49-57(5)6)67-61(64)52-46-40-34-27-21-17-13-9-11-15-19-24-30-36-42-48-56(3)4/h55-58H,7-54H2,1-6H3/t58-/m1/s1. The van der Waals surface area contributed by atoms with Crippen molar-refractivity contribution in [2.24, 2.45) is 17.8 Å². The van der Waals surface area contributed by atoms with Gasteiger partial charge in [-0.3, -0.25) is 14.4 Å². The van der Waals surface area contributed by atoms with Crippen molar-refractivity contribution in [2.45, 2.75) is 343 Å². The van der Waals surface area contributed by atoms with Crippen LogP contribution in [-0.4, -0.2) is 37.2 Å². The highest BCUT2D eigenvalue weighted by molar-refractivity contribution is 5.71. The van der Waals surface area contributed by atoms with Crippen molar-refractivity contribution < 1.29 is 28.6 Å². The summed E-state index contributed by atoms with van der Waals surface area (Å²) in [5.41, 5.74) is 0. The Labute approximate surface area is 418 Å². The van der Waals surface area contributed by atoms with Gasteiger partial charge in [0, 0.05) is 19.3 Å². The lowest BCUT2D eigenvalue weighted by Gasteiger charge is -2.18. The predicted molar refractivity (Wildman–Crippen MR) is 289 cm³/mol. The molecule has 0 aliphatic carbocycles. The number of esters is 3. The first-order chi connectivity index (χ1) is 32.6. The van der Waals surface area contributed by atoms with E-state index in [0.29, 0.717) is 19.3 Å². The van der Waals surface area contributed by atoms with Crippen molar-refractivity contribution >= 4 is 17.9 Å². The van der Waals surface area contributed by atoms with E-state index in [0.717, 1.165) is 75.5 Å². The summed E-state index contributed by atoms with van der Waals surface area (Å²) < 4.78 is 16.9. The van der Waals surface area contributed by atoms with Crippen molar-refractivity contribution in [1.82, 2.24) is 0 Å². The van der Waals surface area contributed by atoms with Gasteiger partial charge in [0.1, 0.15) is 13.2 Å². The molecule has 0 aliphatic heterocycles. The molecule has 398 valence electrons. The molecule has 0 amide bonds. The Bertz CT molecular complexity index is 1040. The lowest BCUT2D eigenvalue weighted by molar-refractivity contribution is -0.167. The van der Waals surface area contributed by atoms with Crippen LogP contribution in [0.1, 0.15) is 337 Å². The van der Waals surface area contributed by atoms with E-state index in [1.807, 2.05) is 0 Å². The molecule has 0 aromatic rings. The van der Waals surface area contributed by atoms with Crippen molar-refractivity contribution in [3.05, 3.63) is 0 Å². The zero-order valence-corrected chi connectivity index (χ0v) is 46.2. The quantitative estimate of drug-likeness (QED) is 0.0343. The lowest BCUT2D eigenvalue weighted by atomic mass is 10.0. The van der Waals surface area contributed by atoms with E-state index in [1.54, 1.807) is 0 Å². The Kier molecular flexibility index (Phi) is 51.0. The van der Waals surface area contributed by atoms with E-state index in [1.165, 1.54) is 218 Å². The van der Waals surface area contributed by atoms with Gasteiger partial charge in [-0.15, -0.1) is 0 Å². The minimum absolute atomic E-state index is 0.0633. The van der Waals surface area contributed by atoms with Crippen LogP contribution in [0.2, 0.25) is 0 Å². The van der Waals surface area contributed by atoms with E-state index in [4.69, 9.17) is 14.2 Å². The molecular formula is C61H118O6. The van der Waals surface area contributed by atoms with Gasteiger partial charge in [0.05, 0.1) is 0 Å². The average molecular weight is 948 g/mol. The second kappa shape index (κ2) is 52.2. The number of hydrogen-bond donors (Lipinski definition) is 0. The van der Waals surface area contributed by atoms with Crippen LogP contribution in [0.4, 0.5) is 0 Å². The molecule has 0 aromatic heterocycles. The van der Waals surface area contributed by atoms with Gasteiger partial charge in [-0.2, -0.15) is 0 Å². The van der Waals surface area contributed by atoms with Crippen LogP contribution >= 0.6 is 0 Å². The molecule has 1 atom stereocenters. The number of carbonyl (C=O) groups excluding carboxylic acids is 3. The Morgan fingerprint density at radius 3 is 0.642 bits per heavy atom. The van der Waals surface area contributed by atoms with Crippen LogP contribution in [0.3, 0.4) is 0 Å². The Morgan fingerprint density at radius 1 is 0.254 bits per heavy atom. The van der Waals surface area contributed by atoms with E-state index in [9.17, 15) is 14.4 Å². The second-order valence-corrected chi connectivity index (χ2v) is 22.4. The maximum Gasteiger partial charge on any atom is 0.306 e. The fourth-order valence-corrected chi connectivity index (χ4v) is 9.35. The number of ether oxygens (including phenoxy) is 3. The van der Waals surface area contributed by atoms with Gasteiger partial charge in [-0.05, 0) is 37.0 Å². The molecule has 67 heavy (non-hydrogen) atoms. The molecule has 6 nitrogen and oxygen atoms in total. The number of hydrogen-bond acceptors (Lipinski definition) is 6. The normalized spacial score (nSPS) is 12.1. The van der Waals surface area contributed by atoms with Gasteiger partial charge in [-0.25, -0.2) is 0 Å². The molecule has 0 aliphatic rings. The minimum Gasteiger partial charge on any atom is -0.462 e. The minimum atomic E-state index is -0.764. The first kappa shape index (κ1) is 65.4. The summed E-state index contributed by atoms with van der Waals surface area (Å²) >= 11 is 0. The van der Waals surface area contributed by atoms with Crippen LogP contribution in [0.25, 0.3) is 0 Å². The maximum atomic E-state index is 12.9. The molecule has 0 bridgehead atoms. The largest absolute Gasteiger partial charge is 0.462 e. The third-order valence-corrected chi connectivity index (χ3v) is 13.9. The number of rotatable bonds is 54. The van der Waals surface area contributed by atoms with Gasteiger partial charge < -0.3 is 14.2 Å². The van der Waals surface area contributed by atoms with Crippen molar-refractivity contribution in [1.29, 1.82) is 0 Å². The fraction of sp³-hybridized carbons (Fsp3) is 0.951. The average Bonchev–Trinajstić information content (AvgIpc) is 3.29. The monoisotopic (exact) mass is 947 g/mol. The van der Waals surface area contributed by atoms with Crippen LogP contribution in [-0.2, 0) is 28.6 Å². The summed E-state index contributed by atoms with van der Waals surface area (Å²) in [6, 6.07) is 0. The zero-order chi connectivity index (χ0) is 49.1. The number of carbonyl (C=O) groups is 3. The highest BCUT2D eigenvalue weighted by atomic mass is 16.6. The van der Waals surface area contributed by atoms with Crippen LogP contribution in [0.5, 0.6) is 0 Å². The fourth-order valence-electron chi connectivity index (χ4n) is 9.35. The SMILES string of the molecule is CC(C)CCCCCCCCCCCCCCCCCCC(=O)OC[C@H](COC(=O)CCCCCCCCCCCC(C)C)OC(=O)CCCCCCCCCCCCCCCCCC(C)C. The molecule has 0 radical (unpaired) electrons. The smallest absolute Gasteiger partial charge is 0.306 e. The summed E-state index contributed by atoms with van der Waals surface area (Å²) in [6.07, 6.45) is 55.3. The third-order valence-electron chi connectivity index (χ3n) is 13.9. The van der Waals surface area contributed by atoms with Gasteiger partial charge in [0.25, 0.3) is 0 Å². The summed E-state index contributed by atoms with van der Waals surface area (Å²) in [4.78, 5) is 38.2. The molecule has 0 N–H and O–H groups in total. The molecule has 0 spiro atoms. The molecule has 0 unspecified atom stereocenters. The summed E-state index contributed by atoms with van der Waals surface area (Å²) in [5, 5.41) is 0. The molecule has 0 fully saturated rings. The highest BCUT2D eigenvalue weighted by Gasteiger charge is 2.19. The van der Waals surface area contributed by atoms with E-state index < -0.39 is 6.10 Å². The highest BCUT2D eigenvalue weighted by Crippen LogP contribution is 2.19. The Morgan fingerprint density at radius 2 is 0.433 bits per heavy atom. The van der Waals surface area contributed by atoms with Crippen LogP contribution in [0, 0.1) is 17.8 Å². The van der Waals surface area contributed by atoms with E-state index >= 15 is 0 Å². The molecule has 0 aromatic carbocycles. The third kappa shape index (κ3) is 55.2. The number of unbranched alkanes of at least 4 members (excludes halogenated alkanes) is 37. The first-order valence-corrected chi connectivity index (χ1v) is 30.1. The predicted octanol–water partition coefficient (Wildman–Crippen LogP) is 19.9. The van der Waals surface area contributed by atoms with Gasteiger partial charge in [0.2, 0.25) is 0 Å². The van der Waals surface area contributed by atoms with E-state index in [-0.39, 0.29) is 31.1 Å². The van der Waals surface area contributed by atoms with Gasteiger partial charge >= 0.3 is 17.9 Å². The van der Waals surface area contributed by atoms with Crippen molar-refractivity contribution in [2.75, 3.05) is 13.2 Å². The summed E-state index contributed by atoms with van der Waals surface area (Å²) in [5.74, 6) is 1.67. The maximum absolute atomic E-state index is 12.9. The summed E-state index contributed by atoms with van der Waals surface area (Å²) in [6.45, 7) is 13.8. The molecule has 0 heterocycles. The molecule has 0 saturated carbocycles. The van der Waals surface area contributed by atoms with Crippen LogP contribution in [0.15, 0.2) is 0 Å².